The smallest absolute Gasteiger partial charge is 0.325 e. The summed E-state index contributed by atoms with van der Waals surface area (Å²) in [5.74, 6) is -2.04. The number of carbonyl (C=O) groups excluding carboxylic acids is 2. The van der Waals surface area contributed by atoms with Crippen LogP contribution in [0, 0.1) is 5.82 Å². The Morgan fingerprint density at radius 2 is 2.00 bits per heavy atom. The van der Waals surface area contributed by atoms with Crippen molar-refractivity contribution in [3.63, 3.8) is 0 Å². The number of thiazole rings is 1. The van der Waals surface area contributed by atoms with Gasteiger partial charge in [-0.1, -0.05) is 41.1 Å². The number of ether oxygens (including phenoxy) is 1. The number of hydrogen-bond acceptors (Lipinski definition) is 4. The average molecular weight is 379 g/mol. The zero-order chi connectivity index (χ0) is 18.0. The zero-order valence-corrected chi connectivity index (χ0v) is 14.6. The molecule has 0 aliphatic heterocycles. The Morgan fingerprint density at radius 3 is 2.72 bits per heavy atom. The monoisotopic (exact) mass is 378 g/mol. The van der Waals surface area contributed by atoms with Gasteiger partial charge in [0.2, 0.25) is 0 Å². The van der Waals surface area contributed by atoms with E-state index in [1.165, 1.54) is 30.6 Å². The number of rotatable bonds is 3. The third-order valence-corrected chi connectivity index (χ3v) is 4.85. The normalized spacial score (nSPS) is 11.7. The molecule has 0 N–H and O–H groups in total. The van der Waals surface area contributed by atoms with Crippen molar-refractivity contribution < 1.29 is 18.7 Å². The Balaban J connectivity index is 2.17. The van der Waals surface area contributed by atoms with Gasteiger partial charge in [-0.25, -0.2) is 4.39 Å². The molecule has 1 aromatic heterocycles. The molecule has 0 radical (unpaired) electrons. The Bertz CT molecular complexity index is 1020. The first-order chi connectivity index (χ1) is 12.0. The highest BCUT2D eigenvalue weighted by Gasteiger charge is 2.17. The molecule has 5 nitrogen and oxygen atoms in total. The van der Waals surface area contributed by atoms with Gasteiger partial charge < -0.3 is 9.30 Å². The number of carbonyl (C=O) groups is 2. The van der Waals surface area contributed by atoms with Gasteiger partial charge in [0, 0.05) is 0 Å². The van der Waals surface area contributed by atoms with Crippen molar-refractivity contribution in [1.82, 2.24) is 4.57 Å². The second-order valence-corrected chi connectivity index (χ2v) is 6.44. The number of amides is 1. The number of benzene rings is 2. The molecular weight excluding hydrogens is 367 g/mol. The molecule has 1 amide bonds. The quantitative estimate of drug-likeness (QED) is 0.656. The lowest BCUT2D eigenvalue weighted by molar-refractivity contribution is -0.141. The van der Waals surface area contributed by atoms with Crippen LogP contribution in [0.3, 0.4) is 0 Å². The fraction of sp³-hybridized carbons (Fsp3) is 0.118. The van der Waals surface area contributed by atoms with Gasteiger partial charge in [0.25, 0.3) is 5.91 Å². The number of aromatic nitrogens is 1. The molecule has 0 fully saturated rings. The van der Waals surface area contributed by atoms with E-state index in [0.717, 1.165) is 16.3 Å². The molecule has 25 heavy (non-hydrogen) atoms. The number of methoxy groups -OCH3 is 1. The van der Waals surface area contributed by atoms with Gasteiger partial charge >= 0.3 is 5.97 Å². The molecule has 3 rings (SSSR count). The highest BCUT2D eigenvalue weighted by molar-refractivity contribution is 7.16. The van der Waals surface area contributed by atoms with Crippen molar-refractivity contribution in [3.8, 4) is 0 Å². The summed E-state index contributed by atoms with van der Waals surface area (Å²) >= 11 is 7.13. The molecule has 2 aromatic carbocycles. The number of esters is 1. The van der Waals surface area contributed by atoms with E-state index in [4.69, 9.17) is 16.3 Å². The topological polar surface area (TPSA) is 60.7 Å². The van der Waals surface area contributed by atoms with Crippen LogP contribution in [0.25, 0.3) is 10.2 Å². The Kier molecular flexibility index (Phi) is 4.96. The summed E-state index contributed by atoms with van der Waals surface area (Å²) in [7, 11) is 1.28. The van der Waals surface area contributed by atoms with E-state index in [0.29, 0.717) is 0 Å². The molecule has 3 aromatic rings. The summed E-state index contributed by atoms with van der Waals surface area (Å²) in [5.41, 5.74) is 0.426. The van der Waals surface area contributed by atoms with Crippen LogP contribution in [0.15, 0.2) is 47.5 Å². The first-order valence-corrected chi connectivity index (χ1v) is 8.39. The van der Waals surface area contributed by atoms with Gasteiger partial charge in [-0.3, -0.25) is 9.59 Å². The third-order valence-electron chi connectivity index (χ3n) is 3.48. The molecule has 1 heterocycles. The third kappa shape index (κ3) is 3.47. The second kappa shape index (κ2) is 7.16. The molecule has 0 aliphatic carbocycles. The number of para-hydroxylation sites is 1. The predicted octanol–water partition coefficient (Wildman–Crippen LogP) is 3.41. The molecular formula is C17H12ClFN2O3S. The van der Waals surface area contributed by atoms with Crippen molar-refractivity contribution in [2.24, 2.45) is 4.99 Å². The van der Waals surface area contributed by atoms with E-state index in [2.05, 4.69) is 4.99 Å². The first kappa shape index (κ1) is 17.3. The summed E-state index contributed by atoms with van der Waals surface area (Å²) in [6, 6.07) is 11.2. The molecule has 0 saturated heterocycles. The maximum absolute atomic E-state index is 13.9. The fourth-order valence-corrected chi connectivity index (χ4v) is 3.57. The van der Waals surface area contributed by atoms with E-state index in [-0.39, 0.29) is 21.9 Å². The fourth-order valence-electron chi connectivity index (χ4n) is 2.30. The Hall–Kier alpha value is -2.51. The molecule has 128 valence electrons. The Morgan fingerprint density at radius 1 is 1.24 bits per heavy atom. The maximum Gasteiger partial charge on any atom is 0.325 e. The largest absolute Gasteiger partial charge is 0.468 e. The van der Waals surface area contributed by atoms with Gasteiger partial charge in [0.15, 0.2) is 4.80 Å². The maximum atomic E-state index is 13.9. The van der Waals surface area contributed by atoms with Crippen LogP contribution in [0.1, 0.15) is 10.4 Å². The van der Waals surface area contributed by atoms with E-state index in [1.807, 2.05) is 18.2 Å². The van der Waals surface area contributed by atoms with Crippen LogP contribution in [0.2, 0.25) is 5.02 Å². The lowest BCUT2D eigenvalue weighted by atomic mass is 10.2. The molecule has 0 unspecified atom stereocenters. The van der Waals surface area contributed by atoms with E-state index < -0.39 is 17.7 Å². The summed E-state index contributed by atoms with van der Waals surface area (Å²) in [6.45, 7) is -0.113. The van der Waals surface area contributed by atoms with Crippen molar-refractivity contribution in [1.29, 1.82) is 0 Å². The van der Waals surface area contributed by atoms with Crippen LogP contribution in [0.5, 0.6) is 0 Å². The highest BCUT2D eigenvalue weighted by atomic mass is 35.5. The van der Waals surface area contributed by atoms with Gasteiger partial charge in [0.05, 0.1) is 27.9 Å². The summed E-state index contributed by atoms with van der Waals surface area (Å²) in [4.78, 5) is 28.4. The number of hydrogen-bond donors (Lipinski definition) is 0. The molecule has 8 heteroatoms. The lowest BCUT2D eigenvalue weighted by Crippen LogP contribution is -2.22. The van der Waals surface area contributed by atoms with Crippen LogP contribution in [-0.4, -0.2) is 23.6 Å². The van der Waals surface area contributed by atoms with Crippen LogP contribution >= 0.6 is 22.9 Å². The number of halogens is 2. The summed E-state index contributed by atoms with van der Waals surface area (Å²) in [6.07, 6.45) is 0. The summed E-state index contributed by atoms with van der Waals surface area (Å²) in [5, 5.41) is -0.0191. The van der Waals surface area contributed by atoms with Crippen LogP contribution in [0.4, 0.5) is 4.39 Å². The molecule has 0 spiro atoms. The van der Waals surface area contributed by atoms with E-state index in [9.17, 15) is 14.0 Å². The first-order valence-electron chi connectivity index (χ1n) is 7.19. The number of nitrogens with zero attached hydrogens (tertiary/aromatic N) is 2. The van der Waals surface area contributed by atoms with E-state index >= 15 is 0 Å². The zero-order valence-electron chi connectivity index (χ0n) is 13.0. The van der Waals surface area contributed by atoms with Gasteiger partial charge in [-0.2, -0.15) is 4.99 Å². The lowest BCUT2D eigenvalue weighted by Gasteiger charge is -2.04. The van der Waals surface area contributed by atoms with Crippen molar-refractivity contribution in [3.05, 3.63) is 63.7 Å². The Labute approximate surface area is 151 Å². The highest BCUT2D eigenvalue weighted by Crippen LogP contribution is 2.21. The van der Waals surface area contributed by atoms with Gasteiger partial charge in [-0.05, 0) is 24.3 Å². The molecule has 0 saturated carbocycles. The van der Waals surface area contributed by atoms with Crippen molar-refractivity contribution >= 4 is 45.0 Å². The van der Waals surface area contributed by atoms with E-state index in [1.54, 1.807) is 10.6 Å². The minimum atomic E-state index is -0.812. The second-order valence-electron chi connectivity index (χ2n) is 5.03. The van der Waals surface area contributed by atoms with Crippen LogP contribution in [-0.2, 0) is 16.1 Å². The molecule has 0 bridgehead atoms. The molecule has 0 aliphatic rings. The minimum absolute atomic E-state index is 0.0191. The minimum Gasteiger partial charge on any atom is -0.468 e. The van der Waals surface area contributed by atoms with Gasteiger partial charge in [0.1, 0.15) is 12.4 Å². The number of fused-ring (bicyclic) bond motifs is 1. The van der Waals surface area contributed by atoms with Crippen molar-refractivity contribution in [2.45, 2.75) is 6.54 Å². The standard InChI is InChI=1S/C17H12ClFN2O3S/c1-24-14(22)9-21-12-7-2-3-8-13(12)25-17(21)20-16(23)15-10(18)5-4-6-11(15)19/h2-8H,9H2,1H3. The molecule has 0 atom stereocenters. The van der Waals surface area contributed by atoms with Crippen molar-refractivity contribution in [2.75, 3.05) is 7.11 Å². The van der Waals surface area contributed by atoms with Gasteiger partial charge in [-0.15, -0.1) is 0 Å². The summed E-state index contributed by atoms with van der Waals surface area (Å²) < 4.78 is 21.0. The SMILES string of the molecule is COC(=O)Cn1c(=NC(=O)c2c(F)cccc2Cl)sc2ccccc21. The predicted molar refractivity (Wildman–Crippen MR) is 93.1 cm³/mol. The van der Waals surface area contributed by atoms with Crippen LogP contribution < -0.4 is 4.80 Å². The average Bonchev–Trinajstić information content (AvgIpc) is 2.92.